The van der Waals surface area contributed by atoms with Gasteiger partial charge in [-0.1, -0.05) is 0 Å². The van der Waals surface area contributed by atoms with Gasteiger partial charge in [0.15, 0.2) is 0 Å². The van der Waals surface area contributed by atoms with Gasteiger partial charge in [-0.25, -0.2) is 4.98 Å². The van der Waals surface area contributed by atoms with Crippen LogP contribution in [-0.4, -0.2) is 16.7 Å². The van der Waals surface area contributed by atoms with Gasteiger partial charge in [0, 0.05) is 22.5 Å². The monoisotopic (exact) mass is 279 g/mol. The van der Waals surface area contributed by atoms with Gasteiger partial charge in [0.1, 0.15) is 11.6 Å². The van der Waals surface area contributed by atoms with Gasteiger partial charge in [0.05, 0.1) is 5.69 Å². The third-order valence-electron chi connectivity index (χ3n) is 2.58. The first-order chi connectivity index (χ1) is 9.06. The molecular formula is C12H13N3O3S. The van der Waals surface area contributed by atoms with Crippen molar-refractivity contribution in [2.24, 2.45) is 0 Å². The first kappa shape index (κ1) is 13.3. The van der Waals surface area contributed by atoms with E-state index in [0.29, 0.717) is 12.1 Å². The molecule has 1 aromatic heterocycles. The van der Waals surface area contributed by atoms with Gasteiger partial charge in [0.25, 0.3) is 5.09 Å². The minimum absolute atomic E-state index is 0.0528. The second-order valence-electron chi connectivity index (χ2n) is 3.96. The summed E-state index contributed by atoms with van der Waals surface area (Å²) in [5.74, 6) is 0. The summed E-state index contributed by atoms with van der Waals surface area (Å²) >= 11 is 1.52. The van der Waals surface area contributed by atoms with Crippen LogP contribution < -0.4 is 5.73 Å². The van der Waals surface area contributed by atoms with Crippen molar-refractivity contribution in [3.05, 3.63) is 45.0 Å². The van der Waals surface area contributed by atoms with Crippen LogP contribution >= 0.6 is 11.3 Å². The quantitative estimate of drug-likeness (QED) is 0.515. The van der Waals surface area contributed by atoms with Crippen LogP contribution in [0.4, 0.5) is 5.69 Å². The molecule has 0 fully saturated rings. The van der Waals surface area contributed by atoms with E-state index < -0.39 is 5.09 Å². The Morgan fingerprint density at radius 1 is 1.42 bits per heavy atom. The Balaban J connectivity index is 2.12. The second-order valence-corrected chi connectivity index (χ2v) is 5.04. The molecule has 2 aromatic rings. The molecule has 6 nitrogen and oxygen atoms in total. The van der Waals surface area contributed by atoms with E-state index in [4.69, 9.17) is 5.73 Å². The molecule has 1 heterocycles. The zero-order valence-corrected chi connectivity index (χ0v) is 11.1. The summed E-state index contributed by atoms with van der Waals surface area (Å²) in [6, 6.07) is 7.46. The first-order valence-electron chi connectivity index (χ1n) is 5.66. The Hall–Kier alpha value is -2.15. The third kappa shape index (κ3) is 3.41. The SMILES string of the molecule is Cc1nc(-c2ccc(N)cc2)sc1CCO[N+](=O)[O-]. The highest BCUT2D eigenvalue weighted by atomic mass is 32.1. The zero-order chi connectivity index (χ0) is 13.8. The van der Waals surface area contributed by atoms with Crippen molar-refractivity contribution in [1.29, 1.82) is 0 Å². The van der Waals surface area contributed by atoms with Crippen LogP contribution in [0.3, 0.4) is 0 Å². The maximum absolute atomic E-state index is 10.1. The number of aryl methyl sites for hydroxylation is 1. The molecule has 0 bridgehead atoms. The van der Waals surface area contributed by atoms with Crippen molar-refractivity contribution in [1.82, 2.24) is 4.98 Å². The smallest absolute Gasteiger partial charge is 0.294 e. The molecule has 1 aromatic carbocycles. The highest BCUT2D eigenvalue weighted by molar-refractivity contribution is 7.15. The van der Waals surface area contributed by atoms with Crippen molar-refractivity contribution in [3.8, 4) is 10.6 Å². The normalized spacial score (nSPS) is 10.4. The van der Waals surface area contributed by atoms with Gasteiger partial charge < -0.3 is 10.6 Å². The Kier molecular flexibility index (Phi) is 3.96. The van der Waals surface area contributed by atoms with E-state index in [1.807, 2.05) is 31.2 Å². The van der Waals surface area contributed by atoms with E-state index in [2.05, 4.69) is 9.82 Å². The molecule has 100 valence electrons. The number of hydrogen-bond donors (Lipinski definition) is 1. The van der Waals surface area contributed by atoms with E-state index in [9.17, 15) is 10.1 Å². The molecule has 0 atom stereocenters. The van der Waals surface area contributed by atoms with Gasteiger partial charge in [-0.2, -0.15) is 0 Å². The average Bonchev–Trinajstić information content (AvgIpc) is 2.71. The molecule has 0 saturated heterocycles. The van der Waals surface area contributed by atoms with Crippen molar-refractivity contribution in [2.45, 2.75) is 13.3 Å². The molecule has 19 heavy (non-hydrogen) atoms. The van der Waals surface area contributed by atoms with Crippen molar-refractivity contribution in [3.63, 3.8) is 0 Å². The number of nitrogens with zero attached hydrogens (tertiary/aromatic N) is 2. The van der Waals surface area contributed by atoms with E-state index in [1.54, 1.807) is 0 Å². The Bertz CT molecular complexity index is 580. The molecule has 0 amide bonds. The van der Waals surface area contributed by atoms with Crippen LogP contribution in [0.25, 0.3) is 10.6 Å². The summed E-state index contributed by atoms with van der Waals surface area (Å²) in [5, 5.41) is 10.2. The first-order valence-corrected chi connectivity index (χ1v) is 6.47. The fraction of sp³-hybridized carbons (Fsp3) is 0.250. The molecule has 0 aliphatic heterocycles. The fourth-order valence-corrected chi connectivity index (χ4v) is 2.67. The maximum Gasteiger partial charge on any atom is 0.294 e. The predicted molar refractivity (Wildman–Crippen MR) is 73.3 cm³/mol. The minimum atomic E-state index is -0.781. The molecule has 2 rings (SSSR count). The molecule has 0 unspecified atom stereocenters. The zero-order valence-electron chi connectivity index (χ0n) is 10.3. The molecule has 0 saturated carbocycles. The summed E-state index contributed by atoms with van der Waals surface area (Å²) in [4.78, 5) is 19.9. The van der Waals surface area contributed by atoms with Crippen LogP contribution in [0.5, 0.6) is 0 Å². The summed E-state index contributed by atoms with van der Waals surface area (Å²) in [6.07, 6.45) is 0.486. The van der Waals surface area contributed by atoms with E-state index in [1.165, 1.54) is 11.3 Å². The summed E-state index contributed by atoms with van der Waals surface area (Å²) < 4.78 is 0. The molecule has 0 aliphatic rings. The maximum atomic E-state index is 10.1. The Morgan fingerprint density at radius 3 is 2.74 bits per heavy atom. The van der Waals surface area contributed by atoms with Crippen LogP contribution in [0.1, 0.15) is 10.6 Å². The van der Waals surface area contributed by atoms with Gasteiger partial charge in [-0.3, -0.25) is 0 Å². The summed E-state index contributed by atoms with van der Waals surface area (Å²) in [7, 11) is 0. The number of nitrogen functional groups attached to an aromatic ring is 1. The molecule has 0 radical (unpaired) electrons. The van der Waals surface area contributed by atoms with Crippen LogP contribution in [0.2, 0.25) is 0 Å². The predicted octanol–water partition coefficient (Wildman–Crippen LogP) is 2.45. The van der Waals surface area contributed by atoms with E-state index >= 15 is 0 Å². The number of anilines is 1. The van der Waals surface area contributed by atoms with Gasteiger partial charge in [-0.05, 0) is 31.2 Å². The van der Waals surface area contributed by atoms with Gasteiger partial charge in [0.2, 0.25) is 0 Å². The minimum Gasteiger partial charge on any atom is -0.399 e. The number of aromatic nitrogens is 1. The lowest BCUT2D eigenvalue weighted by atomic mass is 10.2. The number of thiazole rings is 1. The molecule has 2 N–H and O–H groups in total. The second kappa shape index (κ2) is 5.66. The standard InChI is InChI=1S/C12H13N3O3S/c1-8-11(6-7-18-15(16)17)19-12(14-8)9-2-4-10(13)5-3-9/h2-5H,6-7,13H2,1H3. The van der Waals surface area contributed by atoms with Crippen LogP contribution in [-0.2, 0) is 11.3 Å². The van der Waals surface area contributed by atoms with Crippen molar-refractivity contribution >= 4 is 17.0 Å². The van der Waals surface area contributed by atoms with Gasteiger partial charge >= 0.3 is 0 Å². The highest BCUT2D eigenvalue weighted by Crippen LogP contribution is 2.28. The lowest BCUT2D eigenvalue weighted by Gasteiger charge is -1.97. The highest BCUT2D eigenvalue weighted by Gasteiger charge is 2.10. The molecule has 0 aliphatic carbocycles. The topological polar surface area (TPSA) is 91.3 Å². The fourth-order valence-electron chi connectivity index (χ4n) is 1.62. The third-order valence-corrected chi connectivity index (χ3v) is 3.84. The average molecular weight is 279 g/mol. The number of nitrogens with two attached hydrogens (primary N) is 1. The van der Waals surface area contributed by atoms with Gasteiger partial charge in [-0.15, -0.1) is 21.5 Å². The van der Waals surface area contributed by atoms with Crippen LogP contribution in [0.15, 0.2) is 24.3 Å². The summed E-state index contributed by atoms with van der Waals surface area (Å²) in [5.41, 5.74) is 8.21. The van der Waals surface area contributed by atoms with E-state index in [-0.39, 0.29) is 6.61 Å². The largest absolute Gasteiger partial charge is 0.399 e. The number of benzene rings is 1. The van der Waals surface area contributed by atoms with E-state index in [0.717, 1.165) is 21.1 Å². The van der Waals surface area contributed by atoms with Crippen molar-refractivity contribution < 1.29 is 9.92 Å². The Labute approximate surface area is 114 Å². The summed E-state index contributed by atoms with van der Waals surface area (Å²) in [6.45, 7) is 1.94. The molecular weight excluding hydrogens is 266 g/mol. The molecule has 0 spiro atoms. The lowest BCUT2D eigenvalue weighted by molar-refractivity contribution is -0.757. The Morgan fingerprint density at radius 2 is 2.11 bits per heavy atom. The van der Waals surface area contributed by atoms with Crippen LogP contribution in [0, 0.1) is 17.0 Å². The molecule has 7 heteroatoms. The lowest BCUT2D eigenvalue weighted by Crippen LogP contribution is -2.04. The number of rotatable bonds is 5. The number of hydrogen-bond acceptors (Lipinski definition) is 6. The van der Waals surface area contributed by atoms with Crippen molar-refractivity contribution in [2.75, 3.05) is 12.3 Å².